The number of halogens is 3. The van der Waals surface area contributed by atoms with Crippen LogP contribution >= 0.6 is 11.6 Å². The van der Waals surface area contributed by atoms with Crippen molar-refractivity contribution in [2.45, 2.75) is 67.2 Å². The fraction of sp³-hybridized carbons (Fsp3) is 0.480. The number of piperidine rings is 1. The summed E-state index contributed by atoms with van der Waals surface area (Å²) in [6.45, 7) is 0.526. The van der Waals surface area contributed by atoms with E-state index in [-0.39, 0.29) is 16.5 Å². The van der Waals surface area contributed by atoms with Crippen LogP contribution in [0.5, 0.6) is 0 Å². The number of hydrogen-bond donors (Lipinski definition) is 1. The van der Waals surface area contributed by atoms with Gasteiger partial charge in [0.25, 0.3) is 0 Å². The zero-order valence-electron chi connectivity index (χ0n) is 19.4. The number of amides is 1. The van der Waals surface area contributed by atoms with Gasteiger partial charge in [0.2, 0.25) is 10.0 Å². The highest BCUT2D eigenvalue weighted by atomic mass is 35.5. The van der Waals surface area contributed by atoms with Gasteiger partial charge in [-0.2, -0.15) is 4.31 Å². The normalized spacial score (nSPS) is 26.1. The summed E-state index contributed by atoms with van der Waals surface area (Å²) < 4.78 is 63.4. The molecule has 1 N–H and O–H groups in total. The lowest BCUT2D eigenvalue weighted by atomic mass is 9.90. The molecule has 3 aliphatic rings. The van der Waals surface area contributed by atoms with Crippen LogP contribution in [0.2, 0.25) is 5.02 Å². The number of nitrogens with zero attached hydrogens (tertiary/aromatic N) is 2. The van der Waals surface area contributed by atoms with Crippen molar-refractivity contribution in [1.82, 2.24) is 9.21 Å². The number of carbonyl (C=O) groups excluding carboxylic acids is 1. The standard InChI is InChI=1S/C25H27ClF2N2O5S/c26-20-14-18(28)7-8-22(20)36(33,34)30-21(16-3-1-4-17(27)13-16)5-2-6-23(30)25(10-11-25)35-24(32)29-12-9-19(31)15-29/h1,3-4,7-8,13-14,19,21,23,31H,2,5-6,9-12,15H2/t19?,21-,23+/m0/s1. The summed E-state index contributed by atoms with van der Waals surface area (Å²) in [7, 11) is -4.31. The van der Waals surface area contributed by atoms with E-state index in [1.54, 1.807) is 6.07 Å². The van der Waals surface area contributed by atoms with Crippen LogP contribution in [0, 0.1) is 11.6 Å². The maximum Gasteiger partial charge on any atom is 0.410 e. The van der Waals surface area contributed by atoms with Crippen LogP contribution in [0.25, 0.3) is 0 Å². The van der Waals surface area contributed by atoms with Gasteiger partial charge >= 0.3 is 6.09 Å². The van der Waals surface area contributed by atoms with Gasteiger partial charge in [0.15, 0.2) is 0 Å². The molecule has 2 aliphatic heterocycles. The van der Waals surface area contributed by atoms with Crippen LogP contribution in [0.4, 0.5) is 13.6 Å². The van der Waals surface area contributed by atoms with Gasteiger partial charge < -0.3 is 14.7 Å². The molecule has 194 valence electrons. The number of ether oxygens (including phenoxy) is 1. The average molecular weight is 541 g/mol. The van der Waals surface area contributed by atoms with Gasteiger partial charge in [0, 0.05) is 13.1 Å². The van der Waals surface area contributed by atoms with Gasteiger partial charge in [0.05, 0.1) is 23.2 Å². The second-order valence-corrected chi connectivity index (χ2v) is 12.0. The highest BCUT2D eigenvalue weighted by molar-refractivity contribution is 7.89. The number of benzene rings is 2. The minimum absolute atomic E-state index is 0.165. The SMILES string of the molecule is O=C(OC1([C@H]2CCC[C@@H](c3cccc(F)c3)N2S(=O)(=O)c2ccc(F)cc2Cl)CC1)N1CCC(O)C1. The second kappa shape index (κ2) is 9.55. The number of hydrogen-bond acceptors (Lipinski definition) is 5. The number of aliphatic hydroxyl groups excluding tert-OH is 1. The van der Waals surface area contributed by atoms with Crippen molar-refractivity contribution < 1.29 is 31.8 Å². The van der Waals surface area contributed by atoms with Crippen LogP contribution < -0.4 is 0 Å². The van der Waals surface area contributed by atoms with E-state index in [0.29, 0.717) is 50.6 Å². The van der Waals surface area contributed by atoms with Crippen LogP contribution in [-0.2, 0) is 14.8 Å². The Morgan fingerprint density at radius 3 is 2.47 bits per heavy atom. The molecule has 3 fully saturated rings. The number of sulfonamides is 1. The molecule has 1 amide bonds. The Bertz CT molecular complexity index is 1270. The van der Waals surface area contributed by atoms with Gasteiger partial charge in [0.1, 0.15) is 22.1 Å². The molecule has 1 aliphatic carbocycles. The molecule has 11 heteroatoms. The molecule has 7 nitrogen and oxygen atoms in total. The summed E-state index contributed by atoms with van der Waals surface area (Å²) in [6.07, 6.45) is 1.69. The molecule has 36 heavy (non-hydrogen) atoms. The third kappa shape index (κ3) is 4.71. The van der Waals surface area contributed by atoms with E-state index >= 15 is 0 Å². The van der Waals surface area contributed by atoms with Gasteiger partial charge in [-0.05, 0) is 74.4 Å². The molecular formula is C25H27ClF2N2O5S. The third-order valence-corrected chi connectivity index (χ3v) is 9.72. The zero-order chi connectivity index (χ0) is 25.7. The number of likely N-dealkylation sites (tertiary alicyclic amines) is 1. The highest BCUT2D eigenvalue weighted by Crippen LogP contribution is 2.53. The second-order valence-electron chi connectivity index (χ2n) is 9.75. The molecule has 1 unspecified atom stereocenters. The molecule has 1 saturated carbocycles. The summed E-state index contributed by atoms with van der Waals surface area (Å²) in [5.41, 5.74) is -0.567. The minimum Gasteiger partial charge on any atom is -0.441 e. The van der Waals surface area contributed by atoms with E-state index in [0.717, 1.165) is 18.2 Å². The molecule has 2 heterocycles. The third-order valence-electron chi connectivity index (χ3n) is 7.31. The van der Waals surface area contributed by atoms with Crippen molar-refractivity contribution in [3.05, 3.63) is 64.7 Å². The first-order valence-corrected chi connectivity index (χ1v) is 13.8. The quantitative estimate of drug-likeness (QED) is 0.597. The first-order chi connectivity index (χ1) is 17.1. The number of rotatable bonds is 5. The Balaban J connectivity index is 1.55. The summed E-state index contributed by atoms with van der Waals surface area (Å²) in [4.78, 5) is 14.1. The lowest BCUT2D eigenvalue weighted by molar-refractivity contribution is -0.00720. The van der Waals surface area contributed by atoms with E-state index in [1.807, 2.05) is 0 Å². The maximum absolute atomic E-state index is 14.2. The van der Waals surface area contributed by atoms with Gasteiger partial charge in [-0.1, -0.05) is 23.7 Å². The van der Waals surface area contributed by atoms with Crippen molar-refractivity contribution in [3.63, 3.8) is 0 Å². The monoisotopic (exact) mass is 540 g/mol. The van der Waals surface area contributed by atoms with Crippen molar-refractivity contribution in [2.75, 3.05) is 13.1 Å². The molecule has 2 aromatic rings. The molecule has 2 saturated heterocycles. The highest BCUT2D eigenvalue weighted by Gasteiger charge is 2.60. The Morgan fingerprint density at radius 1 is 1.08 bits per heavy atom. The summed E-state index contributed by atoms with van der Waals surface area (Å²) in [5, 5.41) is 9.55. The predicted molar refractivity (Wildman–Crippen MR) is 128 cm³/mol. The maximum atomic E-state index is 14.2. The van der Waals surface area contributed by atoms with Crippen LogP contribution in [0.15, 0.2) is 47.4 Å². The van der Waals surface area contributed by atoms with Gasteiger partial charge in [-0.15, -0.1) is 0 Å². The van der Waals surface area contributed by atoms with Crippen molar-refractivity contribution >= 4 is 27.7 Å². The summed E-state index contributed by atoms with van der Waals surface area (Å²) >= 11 is 6.19. The van der Waals surface area contributed by atoms with Crippen molar-refractivity contribution in [1.29, 1.82) is 0 Å². The minimum atomic E-state index is -4.31. The molecule has 3 atom stereocenters. The van der Waals surface area contributed by atoms with Gasteiger partial charge in [-0.3, -0.25) is 0 Å². The van der Waals surface area contributed by atoms with Crippen LogP contribution in [-0.4, -0.2) is 59.7 Å². The van der Waals surface area contributed by atoms with E-state index < -0.39 is 51.5 Å². The Morgan fingerprint density at radius 2 is 1.83 bits per heavy atom. The topological polar surface area (TPSA) is 87.2 Å². The van der Waals surface area contributed by atoms with E-state index in [4.69, 9.17) is 16.3 Å². The first-order valence-electron chi connectivity index (χ1n) is 12.0. The lowest BCUT2D eigenvalue weighted by Crippen LogP contribution is -2.54. The summed E-state index contributed by atoms with van der Waals surface area (Å²) in [6, 6.07) is 7.43. The Kier molecular flexibility index (Phi) is 6.74. The number of carbonyl (C=O) groups is 1. The van der Waals surface area contributed by atoms with E-state index in [2.05, 4.69) is 0 Å². The molecule has 0 bridgehead atoms. The van der Waals surface area contributed by atoms with Crippen LogP contribution in [0.1, 0.15) is 50.1 Å². The molecular weight excluding hydrogens is 514 g/mol. The van der Waals surface area contributed by atoms with E-state index in [9.17, 15) is 27.1 Å². The average Bonchev–Trinajstić information content (AvgIpc) is 3.48. The van der Waals surface area contributed by atoms with Crippen molar-refractivity contribution in [2.24, 2.45) is 0 Å². The summed E-state index contributed by atoms with van der Waals surface area (Å²) in [5.74, 6) is -1.16. The number of β-amino-alcohol motifs (C(OH)–C–C–N with tert-alkyl or cyclic N) is 1. The van der Waals surface area contributed by atoms with Gasteiger partial charge in [-0.25, -0.2) is 22.0 Å². The molecule has 0 radical (unpaired) electrons. The molecule has 2 aromatic carbocycles. The van der Waals surface area contributed by atoms with Crippen LogP contribution in [0.3, 0.4) is 0 Å². The molecule has 0 aromatic heterocycles. The fourth-order valence-corrected chi connectivity index (χ4v) is 7.83. The largest absolute Gasteiger partial charge is 0.441 e. The molecule has 5 rings (SSSR count). The molecule has 0 spiro atoms. The zero-order valence-corrected chi connectivity index (χ0v) is 21.0. The van der Waals surface area contributed by atoms with Crippen molar-refractivity contribution in [3.8, 4) is 0 Å². The smallest absolute Gasteiger partial charge is 0.410 e. The Hall–Kier alpha value is -2.27. The lowest BCUT2D eigenvalue weighted by Gasteiger charge is -2.44. The number of aliphatic hydroxyl groups is 1. The van der Waals surface area contributed by atoms with E-state index in [1.165, 1.54) is 27.4 Å². The fourth-order valence-electron chi connectivity index (χ4n) is 5.40. The first kappa shape index (κ1) is 25.4. The Labute approximate surface area is 213 Å². The predicted octanol–water partition coefficient (Wildman–Crippen LogP) is 4.64.